The van der Waals surface area contributed by atoms with Crippen molar-refractivity contribution in [2.45, 2.75) is 37.9 Å². The highest BCUT2D eigenvalue weighted by atomic mass is 19.1. The van der Waals surface area contributed by atoms with Crippen LogP contribution < -0.4 is 5.73 Å². The van der Waals surface area contributed by atoms with Crippen LogP contribution in [0.5, 0.6) is 0 Å². The van der Waals surface area contributed by atoms with Crippen molar-refractivity contribution in [3.63, 3.8) is 0 Å². The van der Waals surface area contributed by atoms with Crippen LogP contribution in [0.4, 0.5) is 4.39 Å². The highest BCUT2D eigenvalue weighted by Crippen LogP contribution is 2.42. The summed E-state index contributed by atoms with van der Waals surface area (Å²) in [5.74, 6) is 0. The van der Waals surface area contributed by atoms with Crippen LogP contribution >= 0.6 is 0 Å². The van der Waals surface area contributed by atoms with Crippen LogP contribution in [0.15, 0.2) is 24.3 Å². The summed E-state index contributed by atoms with van der Waals surface area (Å²) in [6, 6.07) is 8.02. The summed E-state index contributed by atoms with van der Waals surface area (Å²) in [7, 11) is 0. The molecule has 1 fully saturated rings. The molecule has 14 heavy (non-hydrogen) atoms. The molecule has 0 bridgehead atoms. The average Bonchev–Trinajstić information content (AvgIpc) is 2.84. The van der Waals surface area contributed by atoms with E-state index in [1.165, 1.54) is 0 Å². The standard InChI is InChI=1S/C12H16FN/c1-9(13)7-10-3-2-4-11(8-10)12(14)5-6-12/h2-4,8-9H,5-7,14H2,1H3. The number of rotatable bonds is 3. The quantitative estimate of drug-likeness (QED) is 0.784. The van der Waals surface area contributed by atoms with Gasteiger partial charge in [0.25, 0.3) is 0 Å². The second-order valence-corrected chi connectivity index (χ2v) is 4.34. The Hall–Kier alpha value is -0.890. The number of hydrogen-bond donors (Lipinski definition) is 1. The second kappa shape index (κ2) is 3.35. The van der Waals surface area contributed by atoms with E-state index in [0.29, 0.717) is 6.42 Å². The summed E-state index contributed by atoms with van der Waals surface area (Å²) in [4.78, 5) is 0. The molecular weight excluding hydrogens is 177 g/mol. The van der Waals surface area contributed by atoms with E-state index in [9.17, 15) is 4.39 Å². The molecule has 2 rings (SSSR count). The lowest BCUT2D eigenvalue weighted by atomic mass is 10.0. The molecule has 1 aliphatic rings. The third kappa shape index (κ3) is 1.95. The summed E-state index contributed by atoms with van der Waals surface area (Å²) >= 11 is 0. The van der Waals surface area contributed by atoms with Gasteiger partial charge in [-0.2, -0.15) is 0 Å². The molecule has 1 atom stereocenters. The van der Waals surface area contributed by atoms with E-state index >= 15 is 0 Å². The van der Waals surface area contributed by atoms with E-state index in [1.54, 1.807) is 6.92 Å². The zero-order chi connectivity index (χ0) is 10.2. The minimum Gasteiger partial charge on any atom is -0.321 e. The van der Waals surface area contributed by atoms with E-state index in [2.05, 4.69) is 0 Å². The van der Waals surface area contributed by atoms with Crippen LogP contribution in [0.3, 0.4) is 0 Å². The molecule has 0 aromatic heterocycles. The zero-order valence-electron chi connectivity index (χ0n) is 8.46. The van der Waals surface area contributed by atoms with E-state index in [4.69, 9.17) is 5.73 Å². The van der Waals surface area contributed by atoms with E-state index in [1.807, 2.05) is 24.3 Å². The molecule has 1 aromatic rings. The van der Waals surface area contributed by atoms with Gasteiger partial charge in [-0.05, 0) is 30.9 Å². The van der Waals surface area contributed by atoms with Gasteiger partial charge in [-0.15, -0.1) is 0 Å². The maximum absolute atomic E-state index is 12.8. The molecule has 0 heterocycles. The normalized spacial score (nSPS) is 20.5. The summed E-state index contributed by atoms with van der Waals surface area (Å²) in [6.45, 7) is 1.59. The Morgan fingerprint density at radius 2 is 2.21 bits per heavy atom. The number of hydrogen-bond acceptors (Lipinski definition) is 1. The largest absolute Gasteiger partial charge is 0.321 e. The van der Waals surface area contributed by atoms with Crippen molar-refractivity contribution in [3.8, 4) is 0 Å². The summed E-state index contributed by atoms with van der Waals surface area (Å²) in [5.41, 5.74) is 8.19. The summed E-state index contributed by atoms with van der Waals surface area (Å²) in [5, 5.41) is 0. The first-order chi connectivity index (χ1) is 6.60. The van der Waals surface area contributed by atoms with Gasteiger partial charge >= 0.3 is 0 Å². The van der Waals surface area contributed by atoms with Gasteiger partial charge in [-0.3, -0.25) is 0 Å². The maximum Gasteiger partial charge on any atom is 0.101 e. The fourth-order valence-corrected chi connectivity index (χ4v) is 1.76. The fraction of sp³-hybridized carbons (Fsp3) is 0.500. The number of halogens is 1. The minimum atomic E-state index is -0.779. The lowest BCUT2D eigenvalue weighted by Crippen LogP contribution is -2.18. The average molecular weight is 193 g/mol. The third-order valence-corrected chi connectivity index (χ3v) is 2.81. The first-order valence-corrected chi connectivity index (χ1v) is 5.12. The van der Waals surface area contributed by atoms with Gasteiger partial charge in [0.15, 0.2) is 0 Å². The van der Waals surface area contributed by atoms with E-state index in [0.717, 1.165) is 24.0 Å². The zero-order valence-corrected chi connectivity index (χ0v) is 8.46. The van der Waals surface area contributed by atoms with Crippen molar-refractivity contribution in [2.75, 3.05) is 0 Å². The molecule has 2 heteroatoms. The molecule has 0 radical (unpaired) electrons. The molecule has 0 saturated heterocycles. The summed E-state index contributed by atoms with van der Waals surface area (Å²) < 4.78 is 12.8. The highest BCUT2D eigenvalue weighted by molar-refractivity contribution is 5.33. The number of alkyl halides is 1. The molecule has 1 saturated carbocycles. The summed E-state index contributed by atoms with van der Waals surface area (Å²) in [6.07, 6.45) is 1.82. The van der Waals surface area contributed by atoms with Crippen molar-refractivity contribution in [2.24, 2.45) is 5.73 Å². The monoisotopic (exact) mass is 193 g/mol. The molecule has 1 nitrogen and oxygen atoms in total. The SMILES string of the molecule is CC(F)Cc1cccc(C2(N)CC2)c1. The molecule has 2 N–H and O–H groups in total. The smallest absolute Gasteiger partial charge is 0.101 e. The molecular formula is C12H16FN. The van der Waals surface area contributed by atoms with Gasteiger partial charge in [0, 0.05) is 12.0 Å². The van der Waals surface area contributed by atoms with Crippen LogP contribution in [-0.4, -0.2) is 6.17 Å². The van der Waals surface area contributed by atoms with E-state index < -0.39 is 6.17 Å². The first-order valence-electron chi connectivity index (χ1n) is 5.12. The topological polar surface area (TPSA) is 26.0 Å². The molecule has 0 spiro atoms. The molecule has 0 amide bonds. The van der Waals surface area contributed by atoms with Crippen molar-refractivity contribution in [1.29, 1.82) is 0 Å². The molecule has 1 aliphatic carbocycles. The van der Waals surface area contributed by atoms with Gasteiger partial charge in [0.05, 0.1) is 0 Å². The Morgan fingerprint density at radius 1 is 1.50 bits per heavy atom. The van der Waals surface area contributed by atoms with Crippen molar-refractivity contribution in [1.82, 2.24) is 0 Å². The van der Waals surface area contributed by atoms with Crippen LogP contribution in [-0.2, 0) is 12.0 Å². The Bertz CT molecular complexity index is 329. The van der Waals surface area contributed by atoms with Gasteiger partial charge < -0.3 is 5.73 Å². The van der Waals surface area contributed by atoms with Crippen LogP contribution in [0.25, 0.3) is 0 Å². The van der Waals surface area contributed by atoms with E-state index in [-0.39, 0.29) is 5.54 Å². The van der Waals surface area contributed by atoms with Crippen molar-refractivity contribution in [3.05, 3.63) is 35.4 Å². The first kappa shape index (κ1) is 9.66. The van der Waals surface area contributed by atoms with Crippen molar-refractivity contribution >= 4 is 0 Å². The Balaban J connectivity index is 2.19. The van der Waals surface area contributed by atoms with Gasteiger partial charge in [-0.25, -0.2) is 4.39 Å². The predicted molar refractivity (Wildman–Crippen MR) is 55.8 cm³/mol. The third-order valence-electron chi connectivity index (χ3n) is 2.81. The lowest BCUT2D eigenvalue weighted by Gasteiger charge is -2.11. The molecule has 0 aliphatic heterocycles. The van der Waals surface area contributed by atoms with Gasteiger partial charge in [0.1, 0.15) is 6.17 Å². The van der Waals surface area contributed by atoms with Gasteiger partial charge in [0.2, 0.25) is 0 Å². The van der Waals surface area contributed by atoms with Crippen LogP contribution in [0.1, 0.15) is 30.9 Å². The maximum atomic E-state index is 12.8. The highest BCUT2D eigenvalue weighted by Gasteiger charge is 2.39. The number of benzene rings is 1. The van der Waals surface area contributed by atoms with Crippen LogP contribution in [0, 0.1) is 0 Å². The molecule has 76 valence electrons. The minimum absolute atomic E-state index is 0.102. The Kier molecular flexibility index (Phi) is 2.31. The van der Waals surface area contributed by atoms with Gasteiger partial charge in [-0.1, -0.05) is 24.3 Å². The lowest BCUT2D eigenvalue weighted by molar-refractivity contribution is 0.360. The van der Waals surface area contributed by atoms with Crippen LogP contribution in [0.2, 0.25) is 0 Å². The van der Waals surface area contributed by atoms with Crippen molar-refractivity contribution < 1.29 is 4.39 Å². The number of nitrogens with two attached hydrogens (primary N) is 1. The Morgan fingerprint density at radius 3 is 2.79 bits per heavy atom. The molecule has 1 unspecified atom stereocenters. The Labute approximate surface area is 84.1 Å². The fourth-order valence-electron chi connectivity index (χ4n) is 1.76. The molecule has 1 aromatic carbocycles. The second-order valence-electron chi connectivity index (χ2n) is 4.34. The predicted octanol–water partition coefficient (Wildman–Crippen LogP) is 2.53.